The first-order valence-corrected chi connectivity index (χ1v) is 6.72. The first-order valence-electron chi connectivity index (χ1n) is 6.29. The number of ether oxygens (including phenoxy) is 1. The molecule has 0 bridgehead atoms. The van der Waals surface area contributed by atoms with Crippen LogP contribution >= 0.6 is 11.6 Å². The lowest BCUT2D eigenvalue weighted by atomic mass is 9.88. The minimum absolute atomic E-state index is 0.0937. The molecule has 2 heteroatoms. The summed E-state index contributed by atoms with van der Waals surface area (Å²) < 4.78 is 5.70. The highest BCUT2D eigenvalue weighted by Gasteiger charge is 2.22. The zero-order valence-electron chi connectivity index (χ0n) is 11.1. The highest BCUT2D eigenvalue weighted by Crippen LogP contribution is 2.37. The Hall–Kier alpha value is -0.690. The molecule has 0 aliphatic carbocycles. The lowest BCUT2D eigenvalue weighted by Crippen LogP contribution is -2.08. The lowest BCUT2D eigenvalue weighted by Gasteiger charge is -2.22. The lowest BCUT2D eigenvalue weighted by molar-refractivity contribution is 0.254. The summed E-state index contributed by atoms with van der Waals surface area (Å²) in [6.45, 7) is 8.77. The van der Waals surface area contributed by atoms with Crippen LogP contribution in [0.25, 0.3) is 0 Å². The molecule has 2 atom stereocenters. The molecule has 2 unspecified atom stereocenters. The fourth-order valence-corrected chi connectivity index (χ4v) is 2.89. The Morgan fingerprint density at radius 3 is 2.76 bits per heavy atom. The summed E-state index contributed by atoms with van der Waals surface area (Å²) in [4.78, 5) is 0. The molecule has 94 valence electrons. The van der Waals surface area contributed by atoms with Crippen molar-refractivity contribution in [2.24, 2.45) is 5.41 Å². The molecule has 17 heavy (non-hydrogen) atoms. The largest absolute Gasteiger partial charge is 0.490 e. The fraction of sp³-hybridized carbons (Fsp3) is 0.600. The summed E-state index contributed by atoms with van der Waals surface area (Å²) in [6.07, 6.45) is 2.29. The van der Waals surface area contributed by atoms with E-state index in [9.17, 15) is 0 Å². The maximum Gasteiger partial charge on any atom is 0.123 e. The molecule has 0 spiro atoms. The maximum absolute atomic E-state index is 6.49. The molecule has 1 aromatic carbocycles. The number of rotatable bonds is 2. The SMILES string of the molecule is CC1Cc2cc(C(Cl)CC(C)(C)C)ccc2O1. The molecule has 0 radical (unpaired) electrons. The van der Waals surface area contributed by atoms with Crippen LogP contribution in [-0.2, 0) is 6.42 Å². The van der Waals surface area contributed by atoms with Crippen LogP contribution in [0.4, 0.5) is 0 Å². The molecule has 0 aromatic heterocycles. The third-order valence-electron chi connectivity index (χ3n) is 3.07. The first kappa shape index (κ1) is 12.8. The van der Waals surface area contributed by atoms with E-state index in [1.807, 2.05) is 0 Å². The van der Waals surface area contributed by atoms with Gasteiger partial charge in [-0.3, -0.25) is 0 Å². The quantitative estimate of drug-likeness (QED) is 0.692. The fourth-order valence-electron chi connectivity index (χ4n) is 2.29. The van der Waals surface area contributed by atoms with Gasteiger partial charge in [0.25, 0.3) is 0 Å². The molecule has 1 nitrogen and oxygen atoms in total. The van der Waals surface area contributed by atoms with Gasteiger partial charge in [0.15, 0.2) is 0 Å². The van der Waals surface area contributed by atoms with Crippen molar-refractivity contribution in [2.75, 3.05) is 0 Å². The third-order valence-corrected chi connectivity index (χ3v) is 3.48. The van der Waals surface area contributed by atoms with Gasteiger partial charge in [0, 0.05) is 6.42 Å². The molecule has 0 amide bonds. The Bertz CT molecular complexity index is 406. The van der Waals surface area contributed by atoms with Crippen molar-refractivity contribution in [1.29, 1.82) is 0 Å². The van der Waals surface area contributed by atoms with Crippen molar-refractivity contribution in [3.63, 3.8) is 0 Å². The van der Waals surface area contributed by atoms with Crippen LogP contribution in [0, 0.1) is 5.41 Å². The molecule has 1 heterocycles. The Morgan fingerprint density at radius 2 is 2.12 bits per heavy atom. The van der Waals surface area contributed by atoms with E-state index >= 15 is 0 Å². The summed E-state index contributed by atoms with van der Waals surface area (Å²) in [7, 11) is 0. The molecule has 0 N–H and O–H groups in total. The number of alkyl halides is 1. The van der Waals surface area contributed by atoms with Crippen LogP contribution < -0.4 is 4.74 Å². The number of halogens is 1. The van der Waals surface area contributed by atoms with E-state index in [2.05, 4.69) is 45.9 Å². The average Bonchev–Trinajstić information content (AvgIpc) is 2.53. The first-order chi connectivity index (χ1) is 7.85. The summed E-state index contributed by atoms with van der Waals surface area (Å²) in [5.74, 6) is 1.03. The Labute approximate surface area is 109 Å². The van der Waals surface area contributed by atoms with Crippen molar-refractivity contribution in [3.8, 4) is 5.75 Å². The average molecular weight is 253 g/mol. The van der Waals surface area contributed by atoms with Crippen LogP contribution in [0.5, 0.6) is 5.75 Å². The van der Waals surface area contributed by atoms with E-state index in [1.165, 1.54) is 11.1 Å². The van der Waals surface area contributed by atoms with Crippen molar-refractivity contribution in [1.82, 2.24) is 0 Å². The Kier molecular flexibility index (Phi) is 3.40. The minimum Gasteiger partial charge on any atom is -0.490 e. The van der Waals surface area contributed by atoms with E-state index in [0.717, 1.165) is 18.6 Å². The van der Waals surface area contributed by atoms with Gasteiger partial charge in [-0.1, -0.05) is 32.9 Å². The standard InChI is InChI=1S/C15H21ClO/c1-10-7-12-8-11(5-6-14(12)17-10)13(16)9-15(2,3)4/h5-6,8,10,13H,7,9H2,1-4H3. The second kappa shape index (κ2) is 4.53. The monoisotopic (exact) mass is 252 g/mol. The second-order valence-corrected chi connectivity index (χ2v) is 6.76. The van der Waals surface area contributed by atoms with Crippen molar-refractivity contribution in [3.05, 3.63) is 29.3 Å². The predicted octanol–water partition coefficient (Wildman–Crippen LogP) is 4.73. The van der Waals surface area contributed by atoms with E-state index < -0.39 is 0 Å². The van der Waals surface area contributed by atoms with Crippen LogP contribution in [-0.4, -0.2) is 6.10 Å². The molecule has 1 aliphatic heterocycles. The number of hydrogen-bond donors (Lipinski definition) is 0. The van der Waals surface area contributed by atoms with Gasteiger partial charge in [-0.25, -0.2) is 0 Å². The summed E-state index contributed by atoms with van der Waals surface area (Å²) in [5, 5.41) is 0.0937. The Balaban J connectivity index is 2.16. The third kappa shape index (κ3) is 3.16. The van der Waals surface area contributed by atoms with Crippen molar-refractivity contribution < 1.29 is 4.74 Å². The normalized spacial score (nSPS) is 20.9. The number of benzene rings is 1. The van der Waals surface area contributed by atoms with Gasteiger partial charge in [-0.2, -0.15) is 0 Å². The zero-order chi connectivity index (χ0) is 12.6. The minimum atomic E-state index is 0.0937. The van der Waals surface area contributed by atoms with Gasteiger partial charge in [0.05, 0.1) is 5.38 Å². The summed E-state index contributed by atoms with van der Waals surface area (Å²) in [6, 6.07) is 6.37. The van der Waals surface area contributed by atoms with Crippen LogP contribution in [0.15, 0.2) is 18.2 Å². The molecule has 1 aliphatic rings. The molecule has 0 saturated heterocycles. The van der Waals surface area contributed by atoms with Crippen LogP contribution in [0.1, 0.15) is 50.6 Å². The molecule has 0 fully saturated rings. The van der Waals surface area contributed by atoms with Gasteiger partial charge in [-0.05, 0) is 36.0 Å². The number of hydrogen-bond acceptors (Lipinski definition) is 1. The number of fused-ring (bicyclic) bond motifs is 1. The highest BCUT2D eigenvalue weighted by atomic mass is 35.5. The van der Waals surface area contributed by atoms with Gasteiger partial charge in [-0.15, -0.1) is 11.6 Å². The van der Waals surface area contributed by atoms with Crippen molar-refractivity contribution in [2.45, 2.75) is 52.0 Å². The molecular weight excluding hydrogens is 232 g/mol. The Morgan fingerprint density at radius 1 is 1.41 bits per heavy atom. The smallest absolute Gasteiger partial charge is 0.123 e. The summed E-state index contributed by atoms with van der Waals surface area (Å²) in [5.41, 5.74) is 2.78. The van der Waals surface area contributed by atoms with E-state index in [4.69, 9.17) is 16.3 Å². The maximum atomic E-state index is 6.49. The zero-order valence-corrected chi connectivity index (χ0v) is 11.8. The van der Waals surface area contributed by atoms with Gasteiger partial charge in [0.1, 0.15) is 11.9 Å². The molecule has 0 saturated carbocycles. The molecule has 2 rings (SSSR count). The van der Waals surface area contributed by atoms with Gasteiger partial charge in [0.2, 0.25) is 0 Å². The molecular formula is C15H21ClO. The van der Waals surface area contributed by atoms with E-state index in [0.29, 0.717) is 6.10 Å². The topological polar surface area (TPSA) is 9.23 Å². The van der Waals surface area contributed by atoms with E-state index in [1.54, 1.807) is 0 Å². The van der Waals surface area contributed by atoms with Crippen LogP contribution in [0.3, 0.4) is 0 Å². The second-order valence-electron chi connectivity index (χ2n) is 6.23. The summed E-state index contributed by atoms with van der Waals surface area (Å²) >= 11 is 6.49. The van der Waals surface area contributed by atoms with Gasteiger partial charge < -0.3 is 4.74 Å². The predicted molar refractivity (Wildman–Crippen MR) is 72.9 cm³/mol. The van der Waals surface area contributed by atoms with Crippen molar-refractivity contribution >= 4 is 11.6 Å². The highest BCUT2D eigenvalue weighted by molar-refractivity contribution is 6.20. The molecule has 1 aromatic rings. The van der Waals surface area contributed by atoms with Crippen LogP contribution in [0.2, 0.25) is 0 Å². The van der Waals surface area contributed by atoms with E-state index in [-0.39, 0.29) is 10.8 Å². The van der Waals surface area contributed by atoms with Gasteiger partial charge >= 0.3 is 0 Å².